The molecule has 0 saturated carbocycles. The number of esters is 1. The lowest BCUT2D eigenvalue weighted by molar-refractivity contribution is -0.143. The molecule has 0 saturated heterocycles. The average molecular weight is 359 g/mol. The molecule has 26 heavy (non-hydrogen) atoms. The number of rotatable bonds is 8. The van der Waals surface area contributed by atoms with E-state index in [1.54, 1.807) is 6.92 Å². The molecule has 140 valence electrons. The Morgan fingerprint density at radius 2 is 2.00 bits per heavy atom. The third kappa shape index (κ3) is 5.08. The van der Waals surface area contributed by atoms with E-state index in [2.05, 4.69) is 17.2 Å². The number of nitrogens with one attached hydrogen (secondary N) is 2. The van der Waals surface area contributed by atoms with Crippen LogP contribution in [0.25, 0.3) is 0 Å². The molecular weight excluding hydrogens is 334 g/mol. The Labute approximate surface area is 152 Å². The molecule has 0 aliphatic rings. The summed E-state index contributed by atoms with van der Waals surface area (Å²) in [6.45, 7) is 6.33. The molecule has 0 radical (unpaired) electrons. The van der Waals surface area contributed by atoms with Crippen molar-refractivity contribution >= 4 is 17.5 Å². The molecule has 1 aromatic carbocycles. The monoisotopic (exact) mass is 359 g/mol. The summed E-state index contributed by atoms with van der Waals surface area (Å²) in [6.07, 6.45) is 1.44. The minimum absolute atomic E-state index is 0.164. The van der Waals surface area contributed by atoms with Crippen molar-refractivity contribution < 1.29 is 9.53 Å². The Morgan fingerprint density at radius 1 is 1.23 bits per heavy atom. The van der Waals surface area contributed by atoms with E-state index in [1.165, 1.54) is 17.2 Å². The van der Waals surface area contributed by atoms with Gasteiger partial charge in [0, 0.05) is 24.7 Å². The van der Waals surface area contributed by atoms with Gasteiger partial charge < -0.3 is 10.1 Å². The van der Waals surface area contributed by atoms with E-state index in [-0.39, 0.29) is 18.9 Å². The van der Waals surface area contributed by atoms with E-state index in [0.29, 0.717) is 18.8 Å². The molecule has 7 nitrogen and oxygen atoms in total. The Bertz CT molecular complexity index is 852. The predicted octanol–water partition coefficient (Wildman–Crippen LogP) is 2.49. The Hall–Kier alpha value is -2.83. The Kier molecular flexibility index (Phi) is 6.77. The van der Waals surface area contributed by atoms with Crippen LogP contribution in [0.1, 0.15) is 37.8 Å². The predicted molar refractivity (Wildman–Crippen MR) is 101 cm³/mol. The van der Waals surface area contributed by atoms with E-state index in [1.807, 2.05) is 25.1 Å². The molecule has 0 spiro atoms. The third-order valence-electron chi connectivity index (χ3n) is 4.10. The summed E-state index contributed by atoms with van der Waals surface area (Å²) in [5.41, 5.74) is 2.28. The van der Waals surface area contributed by atoms with Crippen molar-refractivity contribution in [3.05, 3.63) is 56.2 Å². The molecule has 2 rings (SSSR count). The summed E-state index contributed by atoms with van der Waals surface area (Å²) in [5, 5.41) is 3.06. The quantitative estimate of drug-likeness (QED) is 0.707. The van der Waals surface area contributed by atoms with Crippen molar-refractivity contribution in [1.82, 2.24) is 9.55 Å². The SMILES string of the molecule is CCOC(=O)CCCn1c(=O)cc(Nc2ccc(C)c(CC)c2)[nH]c1=O. The maximum atomic E-state index is 12.2. The summed E-state index contributed by atoms with van der Waals surface area (Å²) in [7, 11) is 0. The van der Waals surface area contributed by atoms with Crippen molar-refractivity contribution in [2.45, 2.75) is 46.6 Å². The van der Waals surface area contributed by atoms with Gasteiger partial charge in [-0.3, -0.25) is 19.1 Å². The first kappa shape index (κ1) is 19.5. The summed E-state index contributed by atoms with van der Waals surface area (Å²) >= 11 is 0. The molecule has 0 atom stereocenters. The van der Waals surface area contributed by atoms with E-state index in [0.717, 1.165) is 16.7 Å². The number of H-pyrrole nitrogens is 1. The fraction of sp³-hybridized carbons (Fsp3) is 0.421. The van der Waals surface area contributed by atoms with Crippen molar-refractivity contribution in [3.63, 3.8) is 0 Å². The number of nitrogens with zero attached hydrogens (tertiary/aromatic N) is 1. The van der Waals surface area contributed by atoms with Crippen LogP contribution in [-0.4, -0.2) is 22.1 Å². The zero-order valence-corrected chi connectivity index (χ0v) is 15.4. The first-order valence-corrected chi connectivity index (χ1v) is 8.81. The van der Waals surface area contributed by atoms with Gasteiger partial charge in [-0.2, -0.15) is 0 Å². The van der Waals surface area contributed by atoms with Gasteiger partial charge in [0.25, 0.3) is 5.56 Å². The van der Waals surface area contributed by atoms with Crippen LogP contribution >= 0.6 is 0 Å². The molecule has 0 unspecified atom stereocenters. The average Bonchev–Trinajstić information content (AvgIpc) is 2.59. The van der Waals surface area contributed by atoms with Gasteiger partial charge in [-0.15, -0.1) is 0 Å². The number of aromatic nitrogens is 2. The summed E-state index contributed by atoms with van der Waals surface area (Å²) < 4.78 is 5.91. The standard InChI is InChI=1S/C19H25N3O4/c1-4-14-11-15(9-8-13(14)3)20-16-12-17(23)22(19(25)21-16)10-6-7-18(24)26-5-2/h8-9,11-12,20H,4-7,10H2,1-3H3,(H,21,25). The number of anilines is 2. The number of carbonyl (C=O) groups is 1. The minimum Gasteiger partial charge on any atom is -0.466 e. The van der Waals surface area contributed by atoms with Crippen molar-refractivity contribution in [2.24, 2.45) is 0 Å². The maximum absolute atomic E-state index is 12.2. The second-order valence-electron chi connectivity index (χ2n) is 6.01. The van der Waals surface area contributed by atoms with Gasteiger partial charge in [0.1, 0.15) is 5.82 Å². The molecule has 7 heteroatoms. The highest BCUT2D eigenvalue weighted by Crippen LogP contribution is 2.18. The number of hydrogen-bond donors (Lipinski definition) is 2. The van der Waals surface area contributed by atoms with Crippen LogP contribution in [0.3, 0.4) is 0 Å². The first-order valence-electron chi connectivity index (χ1n) is 8.81. The molecule has 2 aromatic rings. The number of benzene rings is 1. The number of aromatic amines is 1. The highest BCUT2D eigenvalue weighted by molar-refractivity contribution is 5.69. The second kappa shape index (κ2) is 9.03. The van der Waals surface area contributed by atoms with Crippen molar-refractivity contribution in [3.8, 4) is 0 Å². The Balaban J connectivity index is 2.10. The van der Waals surface area contributed by atoms with E-state index in [4.69, 9.17) is 4.74 Å². The summed E-state index contributed by atoms with van der Waals surface area (Å²) in [6, 6.07) is 7.24. The number of aryl methyl sites for hydroxylation is 2. The number of hydrogen-bond acceptors (Lipinski definition) is 5. The van der Waals surface area contributed by atoms with Crippen LogP contribution in [-0.2, 0) is 22.5 Å². The van der Waals surface area contributed by atoms with Gasteiger partial charge >= 0.3 is 11.7 Å². The summed E-state index contributed by atoms with van der Waals surface area (Å²) in [5.74, 6) is 0.00825. The first-order chi connectivity index (χ1) is 12.4. The van der Waals surface area contributed by atoms with Gasteiger partial charge in [-0.25, -0.2) is 4.79 Å². The highest BCUT2D eigenvalue weighted by Gasteiger charge is 2.07. The normalized spacial score (nSPS) is 10.6. The lowest BCUT2D eigenvalue weighted by atomic mass is 10.1. The molecular formula is C19H25N3O4. The lowest BCUT2D eigenvalue weighted by Gasteiger charge is -2.11. The smallest absolute Gasteiger partial charge is 0.329 e. The zero-order valence-electron chi connectivity index (χ0n) is 15.4. The molecule has 2 N–H and O–H groups in total. The van der Waals surface area contributed by atoms with Gasteiger partial charge in [-0.05, 0) is 49.9 Å². The molecule has 1 heterocycles. The summed E-state index contributed by atoms with van der Waals surface area (Å²) in [4.78, 5) is 38.4. The van der Waals surface area contributed by atoms with E-state index in [9.17, 15) is 14.4 Å². The number of ether oxygens (including phenoxy) is 1. The van der Waals surface area contributed by atoms with Crippen molar-refractivity contribution in [2.75, 3.05) is 11.9 Å². The largest absolute Gasteiger partial charge is 0.466 e. The lowest BCUT2D eigenvalue weighted by Crippen LogP contribution is -2.35. The topological polar surface area (TPSA) is 93.2 Å². The van der Waals surface area contributed by atoms with Gasteiger partial charge in [0.2, 0.25) is 0 Å². The van der Waals surface area contributed by atoms with E-state index >= 15 is 0 Å². The second-order valence-corrected chi connectivity index (χ2v) is 6.01. The van der Waals surface area contributed by atoms with Crippen LogP contribution in [0, 0.1) is 6.92 Å². The molecule has 0 amide bonds. The minimum atomic E-state index is -0.508. The fourth-order valence-corrected chi connectivity index (χ4v) is 2.70. The van der Waals surface area contributed by atoms with Crippen LogP contribution in [0.4, 0.5) is 11.5 Å². The van der Waals surface area contributed by atoms with Gasteiger partial charge in [0.15, 0.2) is 0 Å². The van der Waals surface area contributed by atoms with Crippen molar-refractivity contribution in [1.29, 1.82) is 0 Å². The molecule has 0 aliphatic heterocycles. The molecule has 0 aliphatic carbocycles. The van der Waals surface area contributed by atoms with Gasteiger partial charge in [-0.1, -0.05) is 13.0 Å². The van der Waals surface area contributed by atoms with Crippen LogP contribution in [0.5, 0.6) is 0 Å². The fourth-order valence-electron chi connectivity index (χ4n) is 2.70. The van der Waals surface area contributed by atoms with Crippen LogP contribution in [0.15, 0.2) is 33.9 Å². The van der Waals surface area contributed by atoms with Crippen LogP contribution in [0.2, 0.25) is 0 Å². The Morgan fingerprint density at radius 3 is 2.65 bits per heavy atom. The highest BCUT2D eigenvalue weighted by atomic mass is 16.5. The van der Waals surface area contributed by atoms with Crippen LogP contribution < -0.4 is 16.6 Å². The zero-order chi connectivity index (χ0) is 19.1. The van der Waals surface area contributed by atoms with Gasteiger partial charge in [0.05, 0.1) is 6.61 Å². The molecule has 0 fully saturated rings. The number of carbonyl (C=O) groups excluding carboxylic acids is 1. The molecule has 0 bridgehead atoms. The third-order valence-corrected chi connectivity index (χ3v) is 4.10. The molecule has 1 aromatic heterocycles. The maximum Gasteiger partial charge on any atom is 0.329 e. The van der Waals surface area contributed by atoms with E-state index < -0.39 is 11.2 Å².